The minimum absolute atomic E-state index is 0.368. The van der Waals surface area contributed by atoms with E-state index in [-0.39, 0.29) is 6.10 Å². The lowest BCUT2D eigenvalue weighted by Gasteiger charge is -2.06. The molecule has 0 radical (unpaired) electrons. The normalized spacial score (nSPS) is 12.9. The summed E-state index contributed by atoms with van der Waals surface area (Å²) in [7, 11) is 0. The second-order valence-electron chi connectivity index (χ2n) is 5.29. The molecule has 26 heavy (non-hydrogen) atoms. The highest BCUT2D eigenvalue weighted by Crippen LogP contribution is 2.21. The molecule has 0 spiro atoms. The summed E-state index contributed by atoms with van der Waals surface area (Å²) in [6, 6.07) is 8.97. The molecule has 1 aromatic carbocycles. The number of aromatic nitrogens is 1. The number of nitrogens with zero attached hydrogens (tertiary/aromatic N) is 1. The van der Waals surface area contributed by atoms with Crippen LogP contribution in [0.25, 0.3) is 12.2 Å². The van der Waals surface area contributed by atoms with Crippen LogP contribution in [0.3, 0.4) is 0 Å². The van der Waals surface area contributed by atoms with Crippen LogP contribution < -0.4 is 0 Å². The number of hydrogen-bond donors (Lipinski definition) is 0. The summed E-state index contributed by atoms with van der Waals surface area (Å²) in [4.78, 5) is 16.0. The van der Waals surface area contributed by atoms with Crippen LogP contribution in [0.15, 0.2) is 65.3 Å². The van der Waals surface area contributed by atoms with Gasteiger partial charge in [0.15, 0.2) is 0 Å². The third-order valence-corrected chi connectivity index (χ3v) is 4.20. The maximum absolute atomic E-state index is 11.8. The van der Waals surface area contributed by atoms with E-state index in [1.54, 1.807) is 61.7 Å². The Morgan fingerprint density at radius 2 is 2.00 bits per heavy atom. The number of ether oxygens (including phenoxy) is 1. The predicted octanol–water partition coefficient (Wildman–Crippen LogP) is 6.37. The number of carbonyl (C=O) groups excluding carboxylic acids is 1. The van der Waals surface area contributed by atoms with Crippen molar-refractivity contribution in [3.05, 3.63) is 86.6 Å². The van der Waals surface area contributed by atoms with Gasteiger partial charge in [0.05, 0.1) is 5.69 Å². The first kappa shape index (κ1) is 20.4. The topological polar surface area (TPSA) is 39.2 Å². The molecule has 0 aliphatic carbocycles. The number of halogens is 3. The van der Waals surface area contributed by atoms with Gasteiger partial charge in [0.25, 0.3) is 0 Å². The SMILES string of the molecule is CC(C=Cc1ccc(Br)cn1)OC(=O)C=CC=Cc1ccc(Cl)cc1Cl. The Kier molecular flexibility index (Phi) is 8.10. The van der Waals surface area contributed by atoms with Crippen LogP contribution in [0.5, 0.6) is 0 Å². The molecule has 0 saturated carbocycles. The molecular weight excluding hydrogens is 437 g/mol. The number of rotatable bonds is 6. The molecule has 0 N–H and O–H groups in total. The van der Waals surface area contributed by atoms with E-state index in [4.69, 9.17) is 27.9 Å². The van der Waals surface area contributed by atoms with E-state index in [1.807, 2.05) is 12.1 Å². The van der Waals surface area contributed by atoms with Crippen molar-refractivity contribution in [2.24, 2.45) is 0 Å². The molecule has 3 nitrogen and oxygen atoms in total. The Bertz CT molecular complexity index is 845. The largest absolute Gasteiger partial charge is 0.455 e. The molecular formula is C20H16BrCl2NO2. The number of benzene rings is 1. The van der Waals surface area contributed by atoms with Gasteiger partial charge in [-0.25, -0.2) is 4.79 Å². The molecule has 1 atom stereocenters. The molecule has 2 rings (SSSR count). The summed E-state index contributed by atoms with van der Waals surface area (Å²) in [6.45, 7) is 1.78. The average Bonchev–Trinajstić information content (AvgIpc) is 2.59. The molecule has 1 aromatic heterocycles. The van der Waals surface area contributed by atoms with Crippen LogP contribution in [0, 0.1) is 0 Å². The minimum atomic E-state index is -0.433. The quantitative estimate of drug-likeness (QED) is 0.290. The van der Waals surface area contributed by atoms with Crippen molar-refractivity contribution in [3.63, 3.8) is 0 Å². The van der Waals surface area contributed by atoms with Crippen molar-refractivity contribution in [1.82, 2.24) is 4.98 Å². The average molecular weight is 453 g/mol. The van der Waals surface area contributed by atoms with Gasteiger partial charge in [0, 0.05) is 26.8 Å². The Morgan fingerprint density at radius 3 is 2.69 bits per heavy atom. The lowest BCUT2D eigenvalue weighted by atomic mass is 10.2. The Morgan fingerprint density at radius 1 is 1.19 bits per heavy atom. The minimum Gasteiger partial charge on any atom is -0.455 e. The van der Waals surface area contributed by atoms with Crippen molar-refractivity contribution in [1.29, 1.82) is 0 Å². The maximum Gasteiger partial charge on any atom is 0.331 e. The predicted molar refractivity (Wildman–Crippen MR) is 111 cm³/mol. The Hall–Kier alpha value is -1.88. The van der Waals surface area contributed by atoms with Gasteiger partial charge in [-0.1, -0.05) is 47.5 Å². The highest BCUT2D eigenvalue weighted by atomic mass is 79.9. The first-order chi connectivity index (χ1) is 12.4. The van der Waals surface area contributed by atoms with Gasteiger partial charge in [0.1, 0.15) is 6.10 Å². The molecule has 0 saturated heterocycles. The van der Waals surface area contributed by atoms with Crippen molar-refractivity contribution in [3.8, 4) is 0 Å². The van der Waals surface area contributed by atoms with Crippen LogP contribution >= 0.6 is 39.1 Å². The maximum atomic E-state index is 11.8. The Balaban J connectivity index is 1.84. The van der Waals surface area contributed by atoms with Gasteiger partial charge < -0.3 is 4.74 Å². The van der Waals surface area contributed by atoms with E-state index in [1.165, 1.54) is 6.08 Å². The fourth-order valence-electron chi connectivity index (χ4n) is 1.91. The highest BCUT2D eigenvalue weighted by Gasteiger charge is 2.02. The molecule has 0 fully saturated rings. The lowest BCUT2D eigenvalue weighted by molar-refractivity contribution is -0.140. The summed E-state index contributed by atoms with van der Waals surface area (Å²) < 4.78 is 6.17. The molecule has 6 heteroatoms. The first-order valence-corrected chi connectivity index (χ1v) is 9.29. The zero-order valence-corrected chi connectivity index (χ0v) is 17.0. The molecule has 0 amide bonds. The zero-order valence-electron chi connectivity index (χ0n) is 13.9. The van der Waals surface area contributed by atoms with Crippen LogP contribution in [0.1, 0.15) is 18.2 Å². The van der Waals surface area contributed by atoms with E-state index in [2.05, 4.69) is 20.9 Å². The third-order valence-electron chi connectivity index (χ3n) is 3.17. The number of hydrogen-bond acceptors (Lipinski definition) is 3. The first-order valence-electron chi connectivity index (χ1n) is 7.74. The van der Waals surface area contributed by atoms with Crippen LogP contribution in [-0.4, -0.2) is 17.1 Å². The summed E-state index contributed by atoms with van der Waals surface area (Å²) >= 11 is 15.2. The standard InChI is InChI=1S/C20H16BrCl2NO2/c1-14(6-10-18-11-8-16(21)13-24-18)26-20(25)5-3-2-4-15-7-9-17(22)12-19(15)23/h2-14H,1H3. The van der Waals surface area contributed by atoms with Crippen molar-refractivity contribution in [2.45, 2.75) is 13.0 Å². The smallest absolute Gasteiger partial charge is 0.331 e. The second kappa shape index (κ2) is 10.3. The number of esters is 1. The lowest BCUT2D eigenvalue weighted by Crippen LogP contribution is -2.09. The highest BCUT2D eigenvalue weighted by molar-refractivity contribution is 9.10. The molecule has 2 aromatic rings. The van der Waals surface area contributed by atoms with Crippen molar-refractivity contribution >= 4 is 57.3 Å². The van der Waals surface area contributed by atoms with Crippen LogP contribution in [0.4, 0.5) is 0 Å². The monoisotopic (exact) mass is 451 g/mol. The van der Waals surface area contributed by atoms with E-state index in [9.17, 15) is 4.79 Å². The zero-order chi connectivity index (χ0) is 18.9. The summed E-state index contributed by atoms with van der Waals surface area (Å²) in [6.07, 6.45) is 11.4. The summed E-state index contributed by atoms with van der Waals surface area (Å²) in [5, 5.41) is 1.12. The number of pyridine rings is 1. The molecule has 1 heterocycles. The van der Waals surface area contributed by atoms with Crippen LogP contribution in [0.2, 0.25) is 10.0 Å². The van der Waals surface area contributed by atoms with Gasteiger partial charge >= 0.3 is 5.97 Å². The molecule has 134 valence electrons. The number of carbonyl (C=O) groups is 1. The third kappa shape index (κ3) is 7.16. The fraction of sp³-hybridized carbons (Fsp3) is 0.100. The van der Waals surface area contributed by atoms with Gasteiger partial charge in [-0.2, -0.15) is 0 Å². The van der Waals surface area contributed by atoms with Crippen LogP contribution in [-0.2, 0) is 9.53 Å². The van der Waals surface area contributed by atoms with E-state index >= 15 is 0 Å². The van der Waals surface area contributed by atoms with Gasteiger partial charge in [-0.3, -0.25) is 4.98 Å². The van der Waals surface area contributed by atoms with Crippen molar-refractivity contribution in [2.75, 3.05) is 0 Å². The van der Waals surface area contributed by atoms with Gasteiger partial charge in [-0.15, -0.1) is 0 Å². The summed E-state index contributed by atoms with van der Waals surface area (Å²) in [5.41, 5.74) is 1.60. The number of allylic oxidation sites excluding steroid dienone is 2. The fourth-order valence-corrected chi connectivity index (χ4v) is 2.62. The van der Waals surface area contributed by atoms with E-state index < -0.39 is 5.97 Å². The summed E-state index contributed by atoms with van der Waals surface area (Å²) in [5.74, 6) is -0.433. The molecule has 1 unspecified atom stereocenters. The van der Waals surface area contributed by atoms with E-state index in [0.29, 0.717) is 10.0 Å². The van der Waals surface area contributed by atoms with Gasteiger partial charge in [-0.05, 0) is 64.8 Å². The molecule has 0 aliphatic heterocycles. The van der Waals surface area contributed by atoms with Crippen molar-refractivity contribution < 1.29 is 9.53 Å². The van der Waals surface area contributed by atoms with Gasteiger partial charge in [0.2, 0.25) is 0 Å². The second-order valence-corrected chi connectivity index (χ2v) is 7.05. The molecule has 0 aliphatic rings. The Labute approximate surface area is 171 Å². The molecule has 0 bridgehead atoms. The van der Waals surface area contributed by atoms with E-state index in [0.717, 1.165) is 15.7 Å².